The lowest BCUT2D eigenvalue weighted by Gasteiger charge is -2.13. The first-order valence-corrected chi connectivity index (χ1v) is 6.72. The molecule has 0 aliphatic carbocycles. The maximum Gasteiger partial charge on any atom is 0.123 e. The third kappa shape index (κ3) is 2.96. The molecule has 2 aromatic carbocycles. The van der Waals surface area contributed by atoms with E-state index in [0.29, 0.717) is 22.3 Å². The van der Waals surface area contributed by atoms with Gasteiger partial charge in [0.1, 0.15) is 5.75 Å². The van der Waals surface area contributed by atoms with Gasteiger partial charge >= 0.3 is 0 Å². The van der Waals surface area contributed by atoms with Crippen LogP contribution in [0.2, 0.25) is 10.0 Å². The van der Waals surface area contributed by atoms with Crippen molar-refractivity contribution in [3.05, 3.63) is 57.1 Å². The van der Waals surface area contributed by atoms with E-state index < -0.39 is 0 Å². The van der Waals surface area contributed by atoms with Gasteiger partial charge in [-0.3, -0.25) is 0 Å². The quantitative estimate of drug-likeness (QED) is 0.842. The van der Waals surface area contributed by atoms with Gasteiger partial charge in [0.15, 0.2) is 0 Å². The van der Waals surface area contributed by atoms with Gasteiger partial charge in [-0.25, -0.2) is 0 Å². The molecule has 100 valence electrons. The third-order valence-corrected chi connectivity index (χ3v) is 3.86. The summed E-state index contributed by atoms with van der Waals surface area (Å²) >= 11 is 12.2. The van der Waals surface area contributed by atoms with Gasteiger partial charge in [-0.15, -0.1) is 0 Å². The summed E-state index contributed by atoms with van der Waals surface area (Å²) in [4.78, 5) is 0. The van der Waals surface area contributed by atoms with Crippen molar-refractivity contribution in [2.75, 3.05) is 5.32 Å². The Kier molecular flexibility index (Phi) is 4.23. The first kappa shape index (κ1) is 14.0. The zero-order valence-electron chi connectivity index (χ0n) is 10.8. The number of phenolic OH excluding ortho intramolecular Hbond substituents is 1. The fourth-order valence-electron chi connectivity index (χ4n) is 1.91. The largest absolute Gasteiger partial charge is 0.507 e. The maximum atomic E-state index is 9.90. The van der Waals surface area contributed by atoms with Crippen molar-refractivity contribution in [1.29, 1.82) is 0 Å². The van der Waals surface area contributed by atoms with Crippen LogP contribution in [0.5, 0.6) is 5.75 Å². The highest BCUT2D eigenvalue weighted by molar-refractivity contribution is 6.36. The Bertz CT molecular complexity index is 591. The lowest BCUT2D eigenvalue weighted by atomic mass is 10.1. The number of halogens is 2. The standard InChI is InChI=1S/C15H15Cl2NO/c1-9-6-7-14(10(2)15(9)19)18-8-11-12(16)4-3-5-13(11)17/h3-7,18-19H,8H2,1-2H3. The number of aromatic hydroxyl groups is 1. The van der Waals surface area contributed by atoms with Crippen molar-refractivity contribution in [3.8, 4) is 5.75 Å². The fourth-order valence-corrected chi connectivity index (χ4v) is 2.44. The highest BCUT2D eigenvalue weighted by Crippen LogP contribution is 2.30. The normalized spacial score (nSPS) is 10.5. The highest BCUT2D eigenvalue weighted by atomic mass is 35.5. The summed E-state index contributed by atoms with van der Waals surface area (Å²) in [6.45, 7) is 4.26. The summed E-state index contributed by atoms with van der Waals surface area (Å²) in [5.41, 5.74) is 3.41. The molecule has 2 nitrogen and oxygen atoms in total. The van der Waals surface area contributed by atoms with Crippen molar-refractivity contribution >= 4 is 28.9 Å². The predicted molar refractivity (Wildman–Crippen MR) is 81.4 cm³/mol. The molecule has 0 unspecified atom stereocenters. The third-order valence-electron chi connectivity index (χ3n) is 3.15. The van der Waals surface area contributed by atoms with Gasteiger partial charge in [-0.2, -0.15) is 0 Å². The highest BCUT2D eigenvalue weighted by Gasteiger charge is 2.08. The van der Waals surface area contributed by atoms with E-state index in [1.54, 1.807) is 0 Å². The molecule has 0 radical (unpaired) electrons. The summed E-state index contributed by atoms with van der Waals surface area (Å²) in [7, 11) is 0. The van der Waals surface area contributed by atoms with Crippen LogP contribution < -0.4 is 5.32 Å². The zero-order chi connectivity index (χ0) is 14.0. The average molecular weight is 296 g/mol. The number of aryl methyl sites for hydroxylation is 1. The topological polar surface area (TPSA) is 32.3 Å². The Morgan fingerprint density at radius 2 is 1.68 bits per heavy atom. The zero-order valence-corrected chi connectivity index (χ0v) is 12.3. The van der Waals surface area contributed by atoms with Gasteiger partial charge in [-0.1, -0.05) is 35.3 Å². The second-order valence-corrected chi connectivity index (χ2v) is 5.27. The Hall–Kier alpha value is -1.38. The predicted octanol–water partition coefficient (Wildman–Crippen LogP) is 4.93. The number of rotatable bonds is 3. The van der Waals surface area contributed by atoms with Crippen LogP contribution in [0.15, 0.2) is 30.3 Å². The molecule has 0 spiro atoms. The van der Waals surface area contributed by atoms with Crippen molar-refractivity contribution in [2.45, 2.75) is 20.4 Å². The van der Waals surface area contributed by atoms with E-state index in [4.69, 9.17) is 23.2 Å². The first-order valence-electron chi connectivity index (χ1n) is 5.96. The number of benzene rings is 2. The second-order valence-electron chi connectivity index (χ2n) is 4.46. The van der Waals surface area contributed by atoms with Crippen molar-refractivity contribution in [1.82, 2.24) is 0 Å². The first-order chi connectivity index (χ1) is 9.00. The molecule has 2 rings (SSSR count). The van der Waals surface area contributed by atoms with Crippen LogP contribution in [0.1, 0.15) is 16.7 Å². The molecular weight excluding hydrogens is 281 g/mol. The van der Waals surface area contributed by atoms with Crippen LogP contribution in [-0.4, -0.2) is 5.11 Å². The van der Waals surface area contributed by atoms with E-state index in [1.165, 1.54) is 0 Å². The maximum absolute atomic E-state index is 9.90. The monoisotopic (exact) mass is 295 g/mol. The lowest BCUT2D eigenvalue weighted by Crippen LogP contribution is -2.02. The summed E-state index contributed by atoms with van der Waals surface area (Å²) in [5.74, 6) is 0.315. The Balaban J connectivity index is 2.22. The van der Waals surface area contributed by atoms with Crippen molar-refractivity contribution < 1.29 is 5.11 Å². The van der Waals surface area contributed by atoms with E-state index in [1.807, 2.05) is 44.2 Å². The van der Waals surface area contributed by atoms with Gasteiger partial charge < -0.3 is 10.4 Å². The molecule has 0 saturated carbocycles. The summed E-state index contributed by atoms with van der Waals surface area (Å²) < 4.78 is 0. The van der Waals surface area contributed by atoms with E-state index in [-0.39, 0.29) is 0 Å². The molecule has 2 N–H and O–H groups in total. The van der Waals surface area contributed by atoms with Crippen LogP contribution in [-0.2, 0) is 6.54 Å². The molecule has 0 saturated heterocycles. The van der Waals surface area contributed by atoms with Crippen LogP contribution in [0, 0.1) is 13.8 Å². The lowest BCUT2D eigenvalue weighted by molar-refractivity contribution is 0.467. The number of phenols is 1. The van der Waals surface area contributed by atoms with Gasteiger partial charge in [0, 0.05) is 33.4 Å². The molecule has 0 heterocycles. The van der Waals surface area contributed by atoms with Crippen LogP contribution >= 0.6 is 23.2 Å². The van der Waals surface area contributed by atoms with Crippen LogP contribution in [0.3, 0.4) is 0 Å². The molecule has 0 aliphatic rings. The molecule has 4 heteroatoms. The molecular formula is C15H15Cl2NO. The van der Waals surface area contributed by atoms with Crippen molar-refractivity contribution in [3.63, 3.8) is 0 Å². The average Bonchev–Trinajstić information content (AvgIpc) is 2.38. The molecule has 0 atom stereocenters. The smallest absolute Gasteiger partial charge is 0.123 e. The van der Waals surface area contributed by atoms with E-state index in [0.717, 1.165) is 22.4 Å². The molecule has 19 heavy (non-hydrogen) atoms. The van der Waals surface area contributed by atoms with Crippen LogP contribution in [0.4, 0.5) is 5.69 Å². The molecule has 0 aliphatic heterocycles. The van der Waals surface area contributed by atoms with Gasteiger partial charge in [-0.05, 0) is 37.6 Å². The van der Waals surface area contributed by atoms with E-state index in [9.17, 15) is 5.11 Å². The van der Waals surface area contributed by atoms with Gasteiger partial charge in [0.25, 0.3) is 0 Å². The number of nitrogens with one attached hydrogen (secondary N) is 1. The van der Waals surface area contributed by atoms with Crippen molar-refractivity contribution in [2.24, 2.45) is 0 Å². The summed E-state index contributed by atoms with van der Waals surface area (Å²) in [6, 6.07) is 9.25. The van der Waals surface area contributed by atoms with Crippen LogP contribution in [0.25, 0.3) is 0 Å². The fraction of sp³-hybridized carbons (Fsp3) is 0.200. The molecule has 0 bridgehead atoms. The summed E-state index contributed by atoms with van der Waals surface area (Å²) in [6.07, 6.45) is 0. The molecule has 0 amide bonds. The minimum Gasteiger partial charge on any atom is -0.507 e. The van der Waals surface area contributed by atoms with Gasteiger partial charge in [0.05, 0.1) is 0 Å². The molecule has 0 fully saturated rings. The van der Waals surface area contributed by atoms with Gasteiger partial charge in [0.2, 0.25) is 0 Å². The number of hydrogen-bond donors (Lipinski definition) is 2. The Labute approximate surface area is 123 Å². The SMILES string of the molecule is Cc1ccc(NCc2c(Cl)cccc2Cl)c(C)c1O. The minimum absolute atomic E-state index is 0.315. The molecule has 0 aromatic heterocycles. The van der Waals surface area contributed by atoms with E-state index >= 15 is 0 Å². The number of hydrogen-bond acceptors (Lipinski definition) is 2. The second kappa shape index (κ2) is 5.72. The Morgan fingerprint density at radius 1 is 1.05 bits per heavy atom. The number of anilines is 1. The Morgan fingerprint density at radius 3 is 2.32 bits per heavy atom. The summed E-state index contributed by atoms with van der Waals surface area (Å²) in [5, 5.41) is 14.4. The van der Waals surface area contributed by atoms with E-state index in [2.05, 4.69) is 5.32 Å². The molecule has 2 aromatic rings. The minimum atomic E-state index is 0.315.